The summed E-state index contributed by atoms with van der Waals surface area (Å²) in [5.41, 5.74) is 2.05. The zero-order valence-electron chi connectivity index (χ0n) is 8.55. The molecule has 1 rings (SSSR count). The highest BCUT2D eigenvalue weighted by molar-refractivity contribution is 7.80. The lowest BCUT2D eigenvalue weighted by Gasteiger charge is -2.21. The van der Waals surface area contributed by atoms with E-state index in [1.54, 1.807) is 0 Å². The molecule has 1 aromatic carbocycles. The van der Waals surface area contributed by atoms with Gasteiger partial charge in [0.1, 0.15) is 5.75 Å². The highest BCUT2D eigenvalue weighted by Crippen LogP contribution is 2.35. The van der Waals surface area contributed by atoms with Crippen LogP contribution in [0.15, 0.2) is 17.0 Å². The predicted octanol–water partition coefficient (Wildman–Crippen LogP) is 3.29. The fourth-order valence-corrected chi connectivity index (χ4v) is 1.66. The highest BCUT2D eigenvalue weighted by atomic mass is 32.1. The Bertz CT molecular complexity index is 324. The van der Waals surface area contributed by atoms with Gasteiger partial charge >= 0.3 is 0 Å². The van der Waals surface area contributed by atoms with Gasteiger partial charge in [-0.05, 0) is 24.0 Å². The van der Waals surface area contributed by atoms with Crippen LogP contribution in [0, 0.1) is 6.92 Å². The number of phenols is 1. The molecule has 0 fully saturated rings. The number of hydrogen-bond donors (Lipinski definition) is 2. The molecule has 0 spiro atoms. The van der Waals surface area contributed by atoms with Gasteiger partial charge in [0.15, 0.2) is 0 Å². The van der Waals surface area contributed by atoms with Crippen LogP contribution in [-0.2, 0) is 5.41 Å². The Labute approximate surface area is 85.2 Å². The molecule has 0 aliphatic heterocycles. The van der Waals surface area contributed by atoms with Crippen LogP contribution >= 0.6 is 12.6 Å². The normalized spacial score (nSPS) is 11.8. The van der Waals surface area contributed by atoms with Gasteiger partial charge in [0.2, 0.25) is 0 Å². The van der Waals surface area contributed by atoms with E-state index in [0.717, 1.165) is 11.1 Å². The van der Waals surface area contributed by atoms with E-state index in [2.05, 4.69) is 33.4 Å². The summed E-state index contributed by atoms with van der Waals surface area (Å²) in [6.07, 6.45) is 0. The van der Waals surface area contributed by atoms with Crippen LogP contribution in [0.2, 0.25) is 0 Å². The second-order valence-electron chi connectivity index (χ2n) is 4.43. The summed E-state index contributed by atoms with van der Waals surface area (Å²) in [7, 11) is 0. The molecule has 1 nitrogen and oxygen atoms in total. The van der Waals surface area contributed by atoms with Crippen molar-refractivity contribution in [1.82, 2.24) is 0 Å². The molecule has 0 saturated heterocycles. The van der Waals surface area contributed by atoms with E-state index in [-0.39, 0.29) is 5.41 Å². The number of aryl methyl sites for hydroxylation is 1. The first-order valence-corrected chi connectivity index (χ1v) is 4.80. The summed E-state index contributed by atoms with van der Waals surface area (Å²) >= 11 is 4.22. The van der Waals surface area contributed by atoms with Gasteiger partial charge in [0.05, 0.1) is 0 Å². The van der Waals surface area contributed by atoms with E-state index in [1.807, 2.05) is 19.1 Å². The Morgan fingerprint density at radius 3 is 2.23 bits per heavy atom. The first-order chi connectivity index (χ1) is 5.82. The lowest BCUT2D eigenvalue weighted by molar-refractivity contribution is 0.434. The number of rotatable bonds is 0. The molecule has 0 aliphatic carbocycles. The summed E-state index contributed by atoms with van der Waals surface area (Å²) in [4.78, 5) is 0.657. The van der Waals surface area contributed by atoms with E-state index in [1.165, 1.54) is 0 Å². The molecule has 1 N–H and O–H groups in total. The maximum Gasteiger partial charge on any atom is 0.132 e. The molecule has 0 heterocycles. The van der Waals surface area contributed by atoms with E-state index in [4.69, 9.17) is 0 Å². The number of benzene rings is 1. The first-order valence-electron chi connectivity index (χ1n) is 4.35. The summed E-state index contributed by atoms with van der Waals surface area (Å²) in [6, 6.07) is 3.88. The van der Waals surface area contributed by atoms with Gasteiger partial charge in [0.25, 0.3) is 0 Å². The van der Waals surface area contributed by atoms with Gasteiger partial charge in [-0.3, -0.25) is 0 Å². The number of phenolic OH excluding ortho intramolecular Hbond substituents is 1. The number of thiol groups is 1. The molecule has 0 aliphatic rings. The van der Waals surface area contributed by atoms with E-state index >= 15 is 0 Å². The SMILES string of the molecule is Cc1cc(S)c(O)c(C(C)(C)C)c1. The Hall–Kier alpha value is -0.630. The van der Waals surface area contributed by atoms with E-state index in [0.29, 0.717) is 10.6 Å². The number of hydrogen-bond acceptors (Lipinski definition) is 2. The molecule has 0 saturated carbocycles. The van der Waals surface area contributed by atoms with Crippen molar-refractivity contribution in [3.05, 3.63) is 23.3 Å². The van der Waals surface area contributed by atoms with Gasteiger partial charge < -0.3 is 5.11 Å². The van der Waals surface area contributed by atoms with Crippen molar-refractivity contribution in [2.75, 3.05) is 0 Å². The van der Waals surface area contributed by atoms with Crippen molar-refractivity contribution in [2.24, 2.45) is 0 Å². The maximum absolute atomic E-state index is 9.78. The van der Waals surface area contributed by atoms with Gasteiger partial charge in [-0.15, -0.1) is 12.6 Å². The molecule has 1 aromatic rings. The van der Waals surface area contributed by atoms with Crippen LogP contribution < -0.4 is 0 Å². The smallest absolute Gasteiger partial charge is 0.132 e. The fraction of sp³-hybridized carbons (Fsp3) is 0.455. The second kappa shape index (κ2) is 3.26. The average molecular weight is 196 g/mol. The standard InChI is InChI=1S/C11H16OS/c1-7-5-8(11(2,3)4)10(12)9(13)6-7/h5-6,12-13H,1-4H3. The zero-order chi connectivity index (χ0) is 10.2. The van der Waals surface area contributed by atoms with Gasteiger partial charge in [-0.1, -0.05) is 26.8 Å². The van der Waals surface area contributed by atoms with E-state index < -0.39 is 0 Å². The molecule has 0 bridgehead atoms. The lowest BCUT2D eigenvalue weighted by Crippen LogP contribution is -2.11. The summed E-state index contributed by atoms with van der Waals surface area (Å²) < 4.78 is 0. The summed E-state index contributed by atoms with van der Waals surface area (Å²) in [6.45, 7) is 8.24. The largest absolute Gasteiger partial charge is 0.506 e. The third-order valence-electron chi connectivity index (χ3n) is 2.04. The van der Waals surface area contributed by atoms with Crippen molar-refractivity contribution in [3.8, 4) is 5.75 Å². The van der Waals surface area contributed by atoms with Crippen molar-refractivity contribution >= 4 is 12.6 Å². The third-order valence-corrected chi connectivity index (χ3v) is 2.38. The summed E-state index contributed by atoms with van der Waals surface area (Å²) in [5.74, 6) is 0.307. The summed E-state index contributed by atoms with van der Waals surface area (Å²) in [5, 5.41) is 9.78. The number of aromatic hydroxyl groups is 1. The molecule has 2 heteroatoms. The Morgan fingerprint density at radius 2 is 1.77 bits per heavy atom. The van der Waals surface area contributed by atoms with Gasteiger partial charge in [-0.25, -0.2) is 0 Å². The monoisotopic (exact) mass is 196 g/mol. The van der Waals surface area contributed by atoms with Crippen molar-refractivity contribution in [3.63, 3.8) is 0 Å². The lowest BCUT2D eigenvalue weighted by atomic mass is 9.85. The molecule has 0 unspecified atom stereocenters. The first kappa shape index (κ1) is 10.5. The van der Waals surface area contributed by atoms with E-state index in [9.17, 15) is 5.11 Å². The topological polar surface area (TPSA) is 20.2 Å². The molecule has 0 radical (unpaired) electrons. The minimum atomic E-state index is -0.0341. The molecule has 13 heavy (non-hydrogen) atoms. The van der Waals surface area contributed by atoms with Crippen LogP contribution in [0.3, 0.4) is 0 Å². The molecular weight excluding hydrogens is 180 g/mol. The van der Waals surface area contributed by atoms with Crippen LogP contribution in [-0.4, -0.2) is 5.11 Å². The Morgan fingerprint density at radius 1 is 1.23 bits per heavy atom. The minimum Gasteiger partial charge on any atom is -0.506 e. The Kier molecular flexibility index (Phi) is 2.62. The molecule has 0 atom stereocenters. The van der Waals surface area contributed by atoms with Crippen molar-refractivity contribution < 1.29 is 5.11 Å². The van der Waals surface area contributed by atoms with Crippen LogP contribution in [0.4, 0.5) is 0 Å². The Balaban J connectivity index is 3.37. The zero-order valence-corrected chi connectivity index (χ0v) is 9.44. The maximum atomic E-state index is 9.78. The van der Waals surface area contributed by atoms with Gasteiger partial charge in [0, 0.05) is 10.5 Å². The molecule has 72 valence electrons. The molecular formula is C11H16OS. The predicted molar refractivity (Wildman–Crippen MR) is 58.8 cm³/mol. The van der Waals surface area contributed by atoms with Crippen molar-refractivity contribution in [1.29, 1.82) is 0 Å². The van der Waals surface area contributed by atoms with Crippen molar-refractivity contribution in [2.45, 2.75) is 38.0 Å². The van der Waals surface area contributed by atoms with Gasteiger partial charge in [-0.2, -0.15) is 0 Å². The quantitative estimate of drug-likeness (QED) is 0.610. The van der Waals surface area contributed by atoms with Crippen LogP contribution in [0.25, 0.3) is 0 Å². The van der Waals surface area contributed by atoms with Crippen LogP contribution in [0.1, 0.15) is 31.9 Å². The fourth-order valence-electron chi connectivity index (χ4n) is 1.33. The molecule has 0 aromatic heterocycles. The second-order valence-corrected chi connectivity index (χ2v) is 4.91. The van der Waals surface area contributed by atoms with Crippen LogP contribution in [0.5, 0.6) is 5.75 Å². The average Bonchev–Trinajstić information content (AvgIpc) is 1.94. The highest BCUT2D eigenvalue weighted by Gasteiger charge is 2.19. The molecule has 0 amide bonds. The third kappa shape index (κ3) is 2.19. The minimum absolute atomic E-state index is 0.0341.